The Bertz CT molecular complexity index is 417. The Hall–Kier alpha value is -1.58. The number of aromatic hydroxyl groups is 1. The number of carbonyl (C=O) groups excluding carboxylic acids is 1. The number of aromatic nitrogens is 1. The molecule has 0 spiro atoms. The van der Waals surface area contributed by atoms with Gasteiger partial charge in [0.05, 0.1) is 18.7 Å². The fraction of sp³-hybridized carbons (Fsp3) is 0.538. The molecule has 2 atom stereocenters. The number of pyridine rings is 1. The predicted octanol–water partition coefficient (Wildman–Crippen LogP) is 2.09. The number of nitrogens with zero attached hydrogens (tertiary/aromatic N) is 1. The zero-order chi connectivity index (χ0) is 12.4. The molecule has 4 nitrogen and oxygen atoms in total. The van der Waals surface area contributed by atoms with Gasteiger partial charge in [-0.05, 0) is 24.0 Å². The topological polar surface area (TPSA) is 59.4 Å². The zero-order valence-electron chi connectivity index (χ0n) is 10.1. The molecule has 0 aromatic carbocycles. The summed E-state index contributed by atoms with van der Waals surface area (Å²) < 4.78 is 5.19. The van der Waals surface area contributed by atoms with Crippen LogP contribution >= 0.6 is 0 Å². The van der Waals surface area contributed by atoms with Gasteiger partial charge in [0.15, 0.2) is 0 Å². The van der Waals surface area contributed by atoms with Crippen LogP contribution in [0, 0.1) is 11.8 Å². The van der Waals surface area contributed by atoms with Gasteiger partial charge in [0.1, 0.15) is 5.75 Å². The normalized spacial score (nSPS) is 22.5. The van der Waals surface area contributed by atoms with Crippen LogP contribution in [-0.4, -0.2) is 22.7 Å². The van der Waals surface area contributed by atoms with Crippen LogP contribution in [0.5, 0.6) is 5.75 Å². The van der Waals surface area contributed by atoms with E-state index in [-0.39, 0.29) is 17.6 Å². The van der Waals surface area contributed by atoms with E-state index in [9.17, 15) is 9.90 Å². The molecule has 0 saturated heterocycles. The Morgan fingerprint density at radius 3 is 3.00 bits per heavy atom. The summed E-state index contributed by atoms with van der Waals surface area (Å²) in [5.74, 6) is 0.711. The van der Waals surface area contributed by atoms with E-state index in [0.717, 1.165) is 12.0 Å². The highest BCUT2D eigenvalue weighted by molar-refractivity contribution is 5.71. The summed E-state index contributed by atoms with van der Waals surface area (Å²) in [6.07, 6.45) is 4.17. The number of hydrogen-bond acceptors (Lipinski definition) is 4. The highest BCUT2D eigenvalue weighted by atomic mass is 16.5. The SMILES string of the molecule is CC(C)C(=O)OC[C@H]1CC1c1cncc(O)c1. The van der Waals surface area contributed by atoms with Gasteiger partial charge < -0.3 is 9.84 Å². The summed E-state index contributed by atoms with van der Waals surface area (Å²) >= 11 is 0. The highest BCUT2D eigenvalue weighted by Gasteiger charge is 2.39. The highest BCUT2D eigenvalue weighted by Crippen LogP contribution is 2.47. The fourth-order valence-electron chi connectivity index (χ4n) is 1.84. The average Bonchev–Trinajstić information content (AvgIpc) is 3.05. The summed E-state index contributed by atoms with van der Waals surface area (Å²) in [4.78, 5) is 15.2. The molecule has 1 aromatic rings. The summed E-state index contributed by atoms with van der Waals surface area (Å²) in [7, 11) is 0. The molecule has 1 aliphatic rings. The third kappa shape index (κ3) is 2.96. The van der Waals surface area contributed by atoms with Crippen LogP contribution in [0.3, 0.4) is 0 Å². The molecule has 0 aliphatic heterocycles. The van der Waals surface area contributed by atoms with Crippen LogP contribution in [-0.2, 0) is 9.53 Å². The van der Waals surface area contributed by atoms with E-state index < -0.39 is 0 Å². The molecule has 1 N–H and O–H groups in total. The van der Waals surface area contributed by atoms with Crippen molar-refractivity contribution in [3.63, 3.8) is 0 Å². The van der Waals surface area contributed by atoms with Gasteiger partial charge in [-0.1, -0.05) is 13.8 Å². The van der Waals surface area contributed by atoms with Crippen molar-refractivity contribution < 1.29 is 14.6 Å². The molecule has 0 radical (unpaired) electrons. The van der Waals surface area contributed by atoms with E-state index in [1.54, 1.807) is 12.3 Å². The van der Waals surface area contributed by atoms with Gasteiger partial charge in [-0.15, -0.1) is 0 Å². The summed E-state index contributed by atoms with van der Waals surface area (Å²) in [5.41, 5.74) is 1.02. The first-order valence-electron chi connectivity index (χ1n) is 5.88. The Balaban J connectivity index is 1.83. The van der Waals surface area contributed by atoms with Gasteiger partial charge in [0, 0.05) is 12.1 Å². The molecular weight excluding hydrogens is 218 g/mol. The minimum Gasteiger partial charge on any atom is -0.506 e. The van der Waals surface area contributed by atoms with Gasteiger partial charge in [0.2, 0.25) is 0 Å². The van der Waals surface area contributed by atoms with Gasteiger partial charge in [-0.2, -0.15) is 0 Å². The molecule has 92 valence electrons. The molecule has 4 heteroatoms. The van der Waals surface area contributed by atoms with E-state index in [1.807, 2.05) is 13.8 Å². The molecule has 0 bridgehead atoms. The van der Waals surface area contributed by atoms with Crippen LogP contribution in [0.1, 0.15) is 31.7 Å². The minimum absolute atomic E-state index is 0.0744. The third-order valence-electron chi connectivity index (χ3n) is 3.01. The maximum absolute atomic E-state index is 11.3. The van der Waals surface area contributed by atoms with E-state index in [4.69, 9.17) is 4.74 Å². The molecule has 1 saturated carbocycles. The predicted molar refractivity (Wildman–Crippen MR) is 62.5 cm³/mol. The molecule has 1 fully saturated rings. The van der Waals surface area contributed by atoms with Crippen LogP contribution < -0.4 is 0 Å². The van der Waals surface area contributed by atoms with Gasteiger partial charge >= 0.3 is 5.97 Å². The molecule has 1 aliphatic carbocycles. The molecule has 1 aromatic heterocycles. The van der Waals surface area contributed by atoms with E-state index in [1.165, 1.54) is 6.20 Å². The second-order valence-corrected chi connectivity index (χ2v) is 4.86. The number of hydrogen-bond donors (Lipinski definition) is 1. The van der Waals surface area contributed by atoms with Crippen molar-refractivity contribution in [1.82, 2.24) is 4.98 Å². The van der Waals surface area contributed by atoms with E-state index in [2.05, 4.69) is 4.98 Å². The van der Waals surface area contributed by atoms with Crippen molar-refractivity contribution >= 4 is 5.97 Å². The molecule has 17 heavy (non-hydrogen) atoms. The zero-order valence-corrected chi connectivity index (χ0v) is 10.1. The van der Waals surface area contributed by atoms with Crippen molar-refractivity contribution in [2.45, 2.75) is 26.2 Å². The lowest BCUT2D eigenvalue weighted by Crippen LogP contribution is -2.13. The van der Waals surface area contributed by atoms with Crippen molar-refractivity contribution in [3.05, 3.63) is 24.0 Å². The second kappa shape index (κ2) is 4.73. The monoisotopic (exact) mass is 235 g/mol. The first kappa shape index (κ1) is 11.9. The summed E-state index contributed by atoms with van der Waals surface area (Å²) in [5, 5.41) is 9.32. The van der Waals surface area contributed by atoms with Gasteiger partial charge in [-0.3, -0.25) is 9.78 Å². The summed E-state index contributed by atoms with van der Waals surface area (Å²) in [6, 6.07) is 1.72. The Morgan fingerprint density at radius 1 is 1.59 bits per heavy atom. The van der Waals surface area contributed by atoms with Gasteiger partial charge in [-0.25, -0.2) is 0 Å². The largest absolute Gasteiger partial charge is 0.506 e. The van der Waals surface area contributed by atoms with Crippen LogP contribution in [0.2, 0.25) is 0 Å². The fourth-order valence-corrected chi connectivity index (χ4v) is 1.84. The van der Waals surface area contributed by atoms with Crippen molar-refractivity contribution in [3.8, 4) is 5.75 Å². The van der Waals surface area contributed by atoms with Crippen molar-refractivity contribution in [1.29, 1.82) is 0 Å². The van der Waals surface area contributed by atoms with E-state index in [0.29, 0.717) is 18.4 Å². The Morgan fingerprint density at radius 2 is 2.35 bits per heavy atom. The van der Waals surface area contributed by atoms with Crippen molar-refractivity contribution in [2.24, 2.45) is 11.8 Å². The minimum atomic E-state index is -0.148. The van der Waals surface area contributed by atoms with Crippen LogP contribution in [0.25, 0.3) is 0 Å². The van der Waals surface area contributed by atoms with Gasteiger partial charge in [0.25, 0.3) is 0 Å². The molecular formula is C13H17NO3. The number of esters is 1. The van der Waals surface area contributed by atoms with Crippen LogP contribution in [0.4, 0.5) is 0 Å². The maximum atomic E-state index is 11.3. The lowest BCUT2D eigenvalue weighted by Gasteiger charge is -2.06. The number of ether oxygens (including phenoxy) is 1. The standard InChI is InChI=1S/C13H17NO3/c1-8(2)13(16)17-7-10-4-12(10)9-3-11(15)6-14-5-9/h3,5-6,8,10,12,15H,4,7H2,1-2H3/t10-,12?/m1/s1. The first-order valence-corrected chi connectivity index (χ1v) is 5.88. The van der Waals surface area contributed by atoms with E-state index >= 15 is 0 Å². The number of rotatable bonds is 4. The summed E-state index contributed by atoms with van der Waals surface area (Å²) in [6.45, 7) is 4.12. The van der Waals surface area contributed by atoms with Crippen LogP contribution in [0.15, 0.2) is 18.5 Å². The second-order valence-electron chi connectivity index (χ2n) is 4.86. The Kier molecular flexibility index (Phi) is 3.31. The molecule has 1 unspecified atom stereocenters. The third-order valence-corrected chi connectivity index (χ3v) is 3.01. The smallest absolute Gasteiger partial charge is 0.308 e. The quantitative estimate of drug-likeness (QED) is 0.812. The molecule has 1 heterocycles. The lowest BCUT2D eigenvalue weighted by molar-refractivity contribution is -0.147. The maximum Gasteiger partial charge on any atom is 0.308 e. The Labute approximate surface area is 101 Å². The van der Waals surface area contributed by atoms with Crippen molar-refractivity contribution in [2.75, 3.05) is 6.61 Å². The number of carbonyl (C=O) groups is 1. The molecule has 2 rings (SSSR count). The lowest BCUT2D eigenvalue weighted by atomic mass is 10.1. The molecule has 0 amide bonds. The first-order chi connectivity index (χ1) is 8.08. The average molecular weight is 235 g/mol.